The molecule has 0 saturated carbocycles. The van der Waals surface area contributed by atoms with Gasteiger partial charge in [0.1, 0.15) is 35.8 Å². The lowest BCUT2D eigenvalue weighted by Crippen LogP contribution is -2.43. The molecule has 4 atom stereocenters. The summed E-state index contributed by atoms with van der Waals surface area (Å²) >= 11 is 0. The summed E-state index contributed by atoms with van der Waals surface area (Å²) in [6.07, 6.45) is 3.66. The van der Waals surface area contributed by atoms with Crippen LogP contribution in [0.2, 0.25) is 0 Å². The SMILES string of the molecule is C#Cc1cc([C@@H]2O[C@H](CO)[C@@H](O)[C@@]2(C)O)n2ncnc(N)c12. The van der Waals surface area contributed by atoms with Crippen molar-refractivity contribution in [3.63, 3.8) is 0 Å². The van der Waals surface area contributed by atoms with Crippen LogP contribution in [0, 0.1) is 12.3 Å². The maximum Gasteiger partial charge on any atom is 0.152 e. The molecule has 0 unspecified atom stereocenters. The van der Waals surface area contributed by atoms with E-state index in [0.29, 0.717) is 16.8 Å². The fourth-order valence-electron chi connectivity index (χ4n) is 2.82. The van der Waals surface area contributed by atoms with Crippen molar-refractivity contribution < 1.29 is 20.1 Å². The lowest BCUT2D eigenvalue weighted by atomic mass is 9.91. The molecule has 8 heteroatoms. The fraction of sp³-hybridized carbons (Fsp3) is 0.429. The predicted molar refractivity (Wildman–Crippen MR) is 76.7 cm³/mol. The van der Waals surface area contributed by atoms with Gasteiger partial charge in [-0.15, -0.1) is 6.42 Å². The van der Waals surface area contributed by atoms with E-state index < -0.39 is 30.5 Å². The maximum atomic E-state index is 10.6. The quantitative estimate of drug-likeness (QED) is 0.515. The standard InChI is InChI=1S/C14H16N4O4/c1-3-7-4-8(18-10(7)13(15)16-6-17-18)12-14(2,21)11(20)9(5-19)22-12/h1,4,6,9,11-12,19-21H,5H2,2H3,(H2,15,16,17)/t9-,11-,12+,14-/m1/s1. The van der Waals surface area contributed by atoms with Crippen LogP contribution in [0.5, 0.6) is 0 Å². The molecule has 1 aliphatic rings. The van der Waals surface area contributed by atoms with Gasteiger partial charge in [-0.25, -0.2) is 9.50 Å². The highest BCUT2D eigenvalue weighted by molar-refractivity contribution is 5.75. The van der Waals surface area contributed by atoms with Gasteiger partial charge >= 0.3 is 0 Å². The minimum atomic E-state index is -1.62. The first-order chi connectivity index (χ1) is 10.4. The third kappa shape index (κ3) is 1.88. The van der Waals surface area contributed by atoms with E-state index in [0.717, 1.165) is 0 Å². The van der Waals surface area contributed by atoms with Gasteiger partial charge in [-0.3, -0.25) is 0 Å². The van der Waals surface area contributed by atoms with Gasteiger partial charge in [-0.05, 0) is 13.0 Å². The van der Waals surface area contributed by atoms with Crippen LogP contribution in [0.3, 0.4) is 0 Å². The van der Waals surface area contributed by atoms with Crippen LogP contribution in [-0.2, 0) is 4.74 Å². The van der Waals surface area contributed by atoms with Crippen molar-refractivity contribution in [2.75, 3.05) is 12.3 Å². The Hall–Kier alpha value is -2.18. The number of rotatable bonds is 2. The van der Waals surface area contributed by atoms with Crippen molar-refractivity contribution in [3.8, 4) is 12.3 Å². The molecule has 1 saturated heterocycles. The predicted octanol–water partition coefficient (Wildman–Crippen LogP) is -1.16. The highest BCUT2D eigenvalue weighted by Gasteiger charge is 2.53. The number of nitrogen functional groups attached to an aromatic ring is 1. The second kappa shape index (κ2) is 4.93. The van der Waals surface area contributed by atoms with E-state index in [4.69, 9.17) is 16.9 Å². The van der Waals surface area contributed by atoms with Crippen LogP contribution in [-0.4, -0.2) is 54.3 Å². The number of ether oxygens (including phenoxy) is 1. The first kappa shape index (κ1) is 14.7. The Morgan fingerprint density at radius 2 is 2.32 bits per heavy atom. The van der Waals surface area contributed by atoms with Crippen LogP contribution >= 0.6 is 0 Å². The zero-order valence-corrected chi connectivity index (χ0v) is 11.8. The number of aliphatic hydroxyl groups is 3. The Balaban J connectivity index is 2.20. The number of aromatic nitrogens is 3. The summed E-state index contributed by atoms with van der Waals surface area (Å²) < 4.78 is 7.02. The highest BCUT2D eigenvalue weighted by atomic mass is 16.6. The summed E-state index contributed by atoms with van der Waals surface area (Å²) in [6, 6.07) is 1.60. The van der Waals surface area contributed by atoms with Crippen molar-refractivity contribution in [2.45, 2.75) is 30.8 Å². The van der Waals surface area contributed by atoms with E-state index in [-0.39, 0.29) is 5.82 Å². The molecule has 0 aliphatic carbocycles. The summed E-state index contributed by atoms with van der Waals surface area (Å²) in [5.41, 5.74) is 5.53. The fourth-order valence-corrected chi connectivity index (χ4v) is 2.82. The van der Waals surface area contributed by atoms with Gasteiger partial charge in [-0.1, -0.05) is 5.92 Å². The average Bonchev–Trinajstić information content (AvgIpc) is 2.97. The van der Waals surface area contributed by atoms with Crippen molar-refractivity contribution in [1.29, 1.82) is 0 Å². The lowest BCUT2D eigenvalue weighted by Gasteiger charge is -2.26. The molecule has 0 spiro atoms. The molecular formula is C14H16N4O4. The molecule has 116 valence electrons. The molecule has 0 amide bonds. The number of aliphatic hydroxyl groups excluding tert-OH is 2. The third-order valence-electron chi connectivity index (χ3n) is 4.01. The van der Waals surface area contributed by atoms with Crippen molar-refractivity contribution in [3.05, 3.63) is 23.7 Å². The van der Waals surface area contributed by atoms with E-state index in [1.807, 2.05) is 0 Å². The molecule has 5 N–H and O–H groups in total. The molecule has 22 heavy (non-hydrogen) atoms. The molecule has 1 fully saturated rings. The highest BCUT2D eigenvalue weighted by Crippen LogP contribution is 2.42. The van der Waals surface area contributed by atoms with Crippen LogP contribution in [0.4, 0.5) is 5.82 Å². The zero-order valence-electron chi connectivity index (χ0n) is 11.8. The summed E-state index contributed by atoms with van der Waals surface area (Å²) in [5, 5.41) is 34.0. The number of hydrogen-bond donors (Lipinski definition) is 4. The smallest absolute Gasteiger partial charge is 0.152 e. The van der Waals surface area contributed by atoms with Crippen LogP contribution < -0.4 is 5.73 Å². The Labute approximate surface area is 126 Å². The van der Waals surface area contributed by atoms with E-state index in [2.05, 4.69) is 16.0 Å². The second-order valence-electron chi connectivity index (χ2n) is 5.44. The lowest BCUT2D eigenvalue weighted by molar-refractivity contribution is -0.0664. The molecule has 0 radical (unpaired) electrons. The molecule has 0 aromatic carbocycles. The van der Waals surface area contributed by atoms with Crippen molar-refractivity contribution in [2.24, 2.45) is 0 Å². The minimum absolute atomic E-state index is 0.200. The van der Waals surface area contributed by atoms with Gasteiger partial charge in [-0.2, -0.15) is 5.10 Å². The number of terminal acetylenes is 1. The molecule has 0 bridgehead atoms. The third-order valence-corrected chi connectivity index (χ3v) is 4.01. The second-order valence-corrected chi connectivity index (χ2v) is 5.44. The Morgan fingerprint density at radius 1 is 1.59 bits per heavy atom. The van der Waals surface area contributed by atoms with E-state index in [1.54, 1.807) is 6.07 Å². The van der Waals surface area contributed by atoms with E-state index >= 15 is 0 Å². The van der Waals surface area contributed by atoms with E-state index in [9.17, 15) is 15.3 Å². The average molecular weight is 304 g/mol. The molecule has 2 aromatic heterocycles. The first-order valence-corrected chi connectivity index (χ1v) is 6.67. The van der Waals surface area contributed by atoms with Gasteiger partial charge in [0.15, 0.2) is 5.82 Å². The van der Waals surface area contributed by atoms with Crippen LogP contribution in [0.25, 0.3) is 5.52 Å². The zero-order chi connectivity index (χ0) is 16.1. The first-order valence-electron chi connectivity index (χ1n) is 6.67. The van der Waals surface area contributed by atoms with Gasteiger partial charge in [0.25, 0.3) is 0 Å². The molecule has 2 aromatic rings. The Bertz CT molecular complexity index is 764. The molecule has 3 rings (SSSR count). The molecule has 3 heterocycles. The summed E-state index contributed by atoms with van der Waals surface area (Å²) in [5.74, 6) is 2.69. The van der Waals surface area contributed by atoms with Gasteiger partial charge in [0, 0.05) is 0 Å². The summed E-state index contributed by atoms with van der Waals surface area (Å²) in [6.45, 7) is 1.01. The monoisotopic (exact) mass is 304 g/mol. The largest absolute Gasteiger partial charge is 0.394 e. The Morgan fingerprint density at radius 3 is 2.91 bits per heavy atom. The summed E-state index contributed by atoms with van der Waals surface area (Å²) in [7, 11) is 0. The molecule has 8 nitrogen and oxygen atoms in total. The Kier molecular flexibility index (Phi) is 3.30. The van der Waals surface area contributed by atoms with E-state index in [1.165, 1.54) is 17.8 Å². The maximum absolute atomic E-state index is 10.6. The normalized spacial score (nSPS) is 31.5. The number of nitrogens with zero attached hydrogens (tertiary/aromatic N) is 3. The molecule has 1 aliphatic heterocycles. The van der Waals surface area contributed by atoms with Gasteiger partial charge in [0.05, 0.1) is 17.9 Å². The number of hydrogen-bond acceptors (Lipinski definition) is 7. The van der Waals surface area contributed by atoms with Crippen molar-refractivity contribution in [1.82, 2.24) is 14.6 Å². The van der Waals surface area contributed by atoms with Gasteiger partial charge in [0.2, 0.25) is 0 Å². The summed E-state index contributed by atoms with van der Waals surface area (Å²) in [4.78, 5) is 3.90. The van der Waals surface area contributed by atoms with Crippen LogP contribution in [0.1, 0.15) is 24.3 Å². The topological polar surface area (TPSA) is 126 Å². The molecular weight excluding hydrogens is 288 g/mol. The van der Waals surface area contributed by atoms with Crippen molar-refractivity contribution >= 4 is 11.3 Å². The van der Waals surface area contributed by atoms with Gasteiger partial charge < -0.3 is 25.8 Å². The minimum Gasteiger partial charge on any atom is -0.394 e. The number of anilines is 1. The van der Waals surface area contributed by atoms with Crippen LogP contribution in [0.15, 0.2) is 12.4 Å². The number of fused-ring (bicyclic) bond motifs is 1. The number of nitrogens with two attached hydrogens (primary N) is 1.